The van der Waals surface area contributed by atoms with E-state index in [1.807, 2.05) is 19.4 Å². The lowest BCUT2D eigenvalue weighted by Crippen LogP contribution is -2.36. The number of nitrogens with zero attached hydrogens (tertiary/aromatic N) is 2. The van der Waals surface area contributed by atoms with Gasteiger partial charge in [0.1, 0.15) is 18.2 Å². The van der Waals surface area contributed by atoms with Crippen molar-refractivity contribution in [2.24, 2.45) is 13.0 Å². The Morgan fingerprint density at radius 3 is 2.84 bits per heavy atom. The Hall–Kier alpha value is -2.12. The molecule has 8 heteroatoms. The van der Waals surface area contributed by atoms with E-state index in [4.69, 9.17) is 4.74 Å². The van der Waals surface area contributed by atoms with Crippen LogP contribution < -0.4 is 15.4 Å². The maximum absolute atomic E-state index is 12.8. The van der Waals surface area contributed by atoms with Crippen molar-refractivity contribution in [3.05, 3.63) is 48.0 Å². The highest BCUT2D eigenvalue weighted by Gasteiger charge is 2.34. The fourth-order valence-corrected chi connectivity index (χ4v) is 2.94. The quantitative estimate of drug-likeness (QED) is 0.758. The third-order valence-electron chi connectivity index (χ3n) is 4.19. The minimum atomic E-state index is -0.300. The molecule has 2 atom stereocenters. The lowest BCUT2D eigenvalue weighted by atomic mass is 9.90. The summed E-state index contributed by atoms with van der Waals surface area (Å²) >= 11 is 0. The zero-order valence-electron chi connectivity index (χ0n) is 13.9. The summed E-state index contributed by atoms with van der Waals surface area (Å²) in [5, 5.41) is 10.4. The number of hydrogen-bond donors (Lipinski definition) is 2. The predicted octanol–water partition coefficient (Wildman–Crippen LogP) is 1.48. The molecule has 1 amide bonds. The van der Waals surface area contributed by atoms with Gasteiger partial charge in [0.15, 0.2) is 0 Å². The summed E-state index contributed by atoms with van der Waals surface area (Å²) in [6.45, 7) is 2.18. The first kappa shape index (κ1) is 19.2. The molecule has 0 spiro atoms. The normalized spacial score (nSPS) is 19.3. The fourth-order valence-electron chi connectivity index (χ4n) is 2.94. The van der Waals surface area contributed by atoms with Gasteiger partial charge in [0.2, 0.25) is 5.91 Å². The number of hydrogen-bond acceptors (Lipinski definition) is 4. The molecule has 2 aromatic rings. The Kier molecular flexibility index (Phi) is 6.78. The van der Waals surface area contributed by atoms with Crippen LogP contribution in [0, 0.1) is 11.7 Å². The summed E-state index contributed by atoms with van der Waals surface area (Å²) in [6.07, 6.45) is 3.77. The van der Waals surface area contributed by atoms with Crippen LogP contribution in [0.5, 0.6) is 5.75 Å². The third kappa shape index (κ3) is 4.93. The Bertz CT molecular complexity index is 692. The van der Waals surface area contributed by atoms with Crippen molar-refractivity contribution in [2.45, 2.75) is 5.92 Å². The van der Waals surface area contributed by atoms with Crippen molar-refractivity contribution in [3.8, 4) is 5.75 Å². The minimum Gasteiger partial charge on any atom is -0.492 e. The van der Waals surface area contributed by atoms with E-state index in [1.54, 1.807) is 16.8 Å². The number of aryl methyl sites for hydroxylation is 1. The molecule has 2 heterocycles. The van der Waals surface area contributed by atoms with Gasteiger partial charge in [-0.1, -0.05) is 0 Å². The van der Waals surface area contributed by atoms with Crippen molar-refractivity contribution in [2.75, 3.05) is 26.2 Å². The van der Waals surface area contributed by atoms with Crippen LogP contribution in [-0.2, 0) is 11.8 Å². The van der Waals surface area contributed by atoms with Crippen LogP contribution in [0.4, 0.5) is 4.39 Å². The lowest BCUT2D eigenvalue weighted by molar-refractivity contribution is -0.124. The molecule has 3 rings (SSSR count). The molecule has 0 radical (unpaired) electrons. The molecule has 6 nitrogen and oxygen atoms in total. The Morgan fingerprint density at radius 1 is 1.40 bits per heavy atom. The van der Waals surface area contributed by atoms with E-state index in [0.29, 0.717) is 25.4 Å². The largest absolute Gasteiger partial charge is 0.492 e. The number of halogens is 2. The second-order valence-corrected chi connectivity index (χ2v) is 5.91. The topological polar surface area (TPSA) is 68.2 Å². The highest BCUT2D eigenvalue weighted by molar-refractivity contribution is 5.85. The molecule has 25 heavy (non-hydrogen) atoms. The van der Waals surface area contributed by atoms with Gasteiger partial charge in [-0.25, -0.2) is 4.39 Å². The van der Waals surface area contributed by atoms with Gasteiger partial charge in [0, 0.05) is 32.3 Å². The first-order chi connectivity index (χ1) is 11.6. The van der Waals surface area contributed by atoms with Gasteiger partial charge >= 0.3 is 0 Å². The van der Waals surface area contributed by atoms with Crippen molar-refractivity contribution in [3.63, 3.8) is 0 Å². The van der Waals surface area contributed by atoms with Gasteiger partial charge in [-0.15, -0.1) is 12.4 Å². The molecular weight excluding hydrogens is 347 g/mol. The molecule has 1 aromatic heterocycles. The molecule has 0 bridgehead atoms. The van der Waals surface area contributed by atoms with E-state index in [2.05, 4.69) is 15.7 Å². The monoisotopic (exact) mass is 368 g/mol. The molecular formula is C17H22ClFN4O2. The molecule has 2 N–H and O–H groups in total. The highest BCUT2D eigenvalue weighted by atomic mass is 35.5. The van der Waals surface area contributed by atoms with Crippen LogP contribution >= 0.6 is 12.4 Å². The number of nitrogens with one attached hydrogen (secondary N) is 2. The van der Waals surface area contributed by atoms with Crippen LogP contribution in [0.15, 0.2) is 36.7 Å². The molecule has 1 fully saturated rings. The van der Waals surface area contributed by atoms with Crippen LogP contribution in [0.1, 0.15) is 11.5 Å². The number of carbonyl (C=O) groups is 1. The van der Waals surface area contributed by atoms with Gasteiger partial charge in [-0.05, 0) is 29.8 Å². The number of aromatic nitrogens is 2. The average Bonchev–Trinajstić information content (AvgIpc) is 3.21. The summed E-state index contributed by atoms with van der Waals surface area (Å²) in [5.41, 5.74) is 1.07. The number of amides is 1. The van der Waals surface area contributed by atoms with Crippen molar-refractivity contribution < 1.29 is 13.9 Å². The van der Waals surface area contributed by atoms with Gasteiger partial charge in [0.05, 0.1) is 18.7 Å². The third-order valence-corrected chi connectivity index (χ3v) is 4.19. The van der Waals surface area contributed by atoms with E-state index in [0.717, 1.165) is 12.1 Å². The van der Waals surface area contributed by atoms with Crippen molar-refractivity contribution in [1.82, 2.24) is 20.4 Å². The molecule has 0 unspecified atom stereocenters. The zero-order chi connectivity index (χ0) is 16.9. The van der Waals surface area contributed by atoms with Gasteiger partial charge in [0.25, 0.3) is 0 Å². The minimum absolute atomic E-state index is 0. The first-order valence-corrected chi connectivity index (χ1v) is 7.99. The number of rotatable bonds is 6. The Labute approximate surface area is 152 Å². The first-order valence-electron chi connectivity index (χ1n) is 7.99. The average molecular weight is 369 g/mol. The molecule has 1 aliphatic rings. The number of carbonyl (C=O) groups excluding carboxylic acids is 1. The molecule has 1 aromatic carbocycles. The summed E-state index contributed by atoms with van der Waals surface area (Å²) in [4.78, 5) is 12.4. The van der Waals surface area contributed by atoms with E-state index >= 15 is 0 Å². The van der Waals surface area contributed by atoms with Crippen molar-refractivity contribution in [1.29, 1.82) is 0 Å². The van der Waals surface area contributed by atoms with E-state index in [9.17, 15) is 9.18 Å². The van der Waals surface area contributed by atoms with E-state index < -0.39 is 0 Å². The summed E-state index contributed by atoms with van der Waals surface area (Å²) in [5.74, 6) is 0.320. The molecule has 136 valence electrons. The maximum Gasteiger partial charge on any atom is 0.225 e. The van der Waals surface area contributed by atoms with Gasteiger partial charge < -0.3 is 15.4 Å². The van der Waals surface area contributed by atoms with Crippen LogP contribution in [-0.4, -0.2) is 41.9 Å². The number of benzene rings is 1. The summed E-state index contributed by atoms with van der Waals surface area (Å²) in [7, 11) is 1.87. The maximum atomic E-state index is 12.8. The van der Waals surface area contributed by atoms with Gasteiger partial charge in [-0.2, -0.15) is 5.10 Å². The van der Waals surface area contributed by atoms with E-state index in [-0.39, 0.29) is 36.0 Å². The standard InChI is InChI=1S/C17H21FN4O2.ClH/c1-22-11-12(8-21-22)15-9-19-10-16(15)17(23)20-6-7-24-14-4-2-13(18)3-5-14;/h2-5,8,11,15-16,19H,6-7,9-10H2,1H3,(H,20,23);1H/t15-,16+;/m1./s1. The summed E-state index contributed by atoms with van der Waals surface area (Å²) < 4.78 is 20.0. The molecule has 1 aliphatic heterocycles. The predicted molar refractivity (Wildman–Crippen MR) is 94.5 cm³/mol. The summed E-state index contributed by atoms with van der Waals surface area (Å²) in [6, 6.07) is 5.82. The Balaban J connectivity index is 0.00000225. The second kappa shape index (κ2) is 8.82. The van der Waals surface area contributed by atoms with Crippen molar-refractivity contribution >= 4 is 18.3 Å². The van der Waals surface area contributed by atoms with Gasteiger partial charge in [-0.3, -0.25) is 9.48 Å². The SMILES string of the molecule is Cl.Cn1cc([C@H]2CNC[C@@H]2C(=O)NCCOc2ccc(F)cc2)cn1. The Morgan fingerprint density at radius 2 is 2.16 bits per heavy atom. The smallest absolute Gasteiger partial charge is 0.225 e. The van der Waals surface area contributed by atoms with E-state index in [1.165, 1.54) is 12.1 Å². The van der Waals surface area contributed by atoms with Crippen LogP contribution in [0.25, 0.3) is 0 Å². The molecule has 1 saturated heterocycles. The highest BCUT2D eigenvalue weighted by Crippen LogP contribution is 2.27. The number of ether oxygens (including phenoxy) is 1. The zero-order valence-corrected chi connectivity index (χ0v) is 14.8. The molecule has 0 aliphatic carbocycles. The molecule has 0 saturated carbocycles. The lowest BCUT2D eigenvalue weighted by Gasteiger charge is -2.17. The van der Waals surface area contributed by atoms with Crippen LogP contribution in [0.3, 0.4) is 0 Å². The fraction of sp³-hybridized carbons (Fsp3) is 0.412. The van der Waals surface area contributed by atoms with Crippen LogP contribution in [0.2, 0.25) is 0 Å². The second-order valence-electron chi connectivity index (χ2n) is 5.91.